The lowest BCUT2D eigenvalue weighted by Crippen LogP contribution is -2.10. The zero-order valence-electron chi connectivity index (χ0n) is 9.16. The van der Waals surface area contributed by atoms with E-state index in [0.717, 1.165) is 10.9 Å². The van der Waals surface area contributed by atoms with E-state index in [4.69, 9.17) is 5.26 Å². The van der Waals surface area contributed by atoms with Gasteiger partial charge in [-0.2, -0.15) is 5.26 Å². The second-order valence-corrected chi connectivity index (χ2v) is 5.63. The third-order valence-electron chi connectivity index (χ3n) is 2.56. The third kappa shape index (κ3) is 1.75. The van der Waals surface area contributed by atoms with E-state index in [2.05, 4.69) is 45.0 Å². The zero-order chi connectivity index (χ0) is 11.1. The van der Waals surface area contributed by atoms with Gasteiger partial charge in [-0.1, -0.05) is 26.8 Å². The normalized spacial score (nSPS) is 11.6. The average Bonchev–Trinajstić information content (AvgIpc) is 2.57. The molecule has 1 nitrogen and oxygen atoms in total. The Morgan fingerprint density at radius 1 is 1.27 bits per heavy atom. The van der Waals surface area contributed by atoms with Crippen LogP contribution in [0, 0.1) is 11.3 Å². The number of rotatable bonds is 0. The van der Waals surface area contributed by atoms with Gasteiger partial charge < -0.3 is 0 Å². The predicted octanol–water partition coefficient (Wildman–Crippen LogP) is 4.07. The molecule has 2 heteroatoms. The molecular formula is C13H13NS. The zero-order valence-corrected chi connectivity index (χ0v) is 9.98. The van der Waals surface area contributed by atoms with Crippen LogP contribution in [0.25, 0.3) is 10.1 Å². The van der Waals surface area contributed by atoms with E-state index in [-0.39, 0.29) is 5.41 Å². The van der Waals surface area contributed by atoms with Crippen molar-refractivity contribution in [3.63, 3.8) is 0 Å². The Balaban J connectivity index is 2.69. The molecule has 0 N–H and O–H groups in total. The first-order valence-corrected chi connectivity index (χ1v) is 5.82. The molecule has 0 saturated heterocycles. The quantitative estimate of drug-likeness (QED) is 0.650. The van der Waals surface area contributed by atoms with Gasteiger partial charge in [0, 0.05) is 15.5 Å². The topological polar surface area (TPSA) is 23.8 Å². The van der Waals surface area contributed by atoms with Gasteiger partial charge in [0.05, 0.1) is 5.56 Å². The standard InChI is InChI=1S/C13H13NS/c1-13(2,3)10-4-5-12-11(6-10)9(7-14)8-15-12/h4-6,8H,1-3H3. The fraction of sp³-hybridized carbons (Fsp3) is 0.308. The van der Waals surface area contributed by atoms with Crippen LogP contribution >= 0.6 is 11.3 Å². The SMILES string of the molecule is CC(C)(C)c1ccc2scc(C#N)c2c1. The molecule has 0 spiro atoms. The summed E-state index contributed by atoms with van der Waals surface area (Å²) in [5.74, 6) is 0. The second kappa shape index (κ2) is 3.36. The number of nitriles is 1. The first kappa shape index (κ1) is 10.2. The summed E-state index contributed by atoms with van der Waals surface area (Å²) in [4.78, 5) is 0. The summed E-state index contributed by atoms with van der Waals surface area (Å²) in [7, 11) is 0. The molecular weight excluding hydrogens is 202 g/mol. The minimum atomic E-state index is 0.142. The number of nitrogens with zero attached hydrogens (tertiary/aromatic N) is 1. The van der Waals surface area contributed by atoms with Crippen LogP contribution in [0.4, 0.5) is 0 Å². The number of benzene rings is 1. The van der Waals surface area contributed by atoms with Crippen LogP contribution in [0.15, 0.2) is 23.6 Å². The smallest absolute Gasteiger partial charge is 0.101 e. The molecule has 15 heavy (non-hydrogen) atoms. The van der Waals surface area contributed by atoms with Gasteiger partial charge >= 0.3 is 0 Å². The minimum absolute atomic E-state index is 0.142. The van der Waals surface area contributed by atoms with Gasteiger partial charge in [0.25, 0.3) is 0 Å². The lowest BCUT2D eigenvalue weighted by Gasteiger charge is -2.18. The molecule has 0 aliphatic rings. The minimum Gasteiger partial charge on any atom is -0.192 e. The summed E-state index contributed by atoms with van der Waals surface area (Å²) in [6, 6.07) is 8.65. The molecule has 2 rings (SSSR count). The van der Waals surface area contributed by atoms with Gasteiger partial charge in [-0.05, 0) is 23.1 Å². The van der Waals surface area contributed by atoms with Crippen molar-refractivity contribution < 1.29 is 0 Å². The molecule has 0 saturated carbocycles. The summed E-state index contributed by atoms with van der Waals surface area (Å²) in [5, 5.41) is 12.0. The van der Waals surface area contributed by atoms with Gasteiger partial charge in [-0.25, -0.2) is 0 Å². The number of hydrogen-bond acceptors (Lipinski definition) is 2. The highest BCUT2D eigenvalue weighted by molar-refractivity contribution is 7.17. The number of thiophene rings is 1. The van der Waals surface area contributed by atoms with Crippen LogP contribution in [0.5, 0.6) is 0 Å². The van der Waals surface area contributed by atoms with Gasteiger partial charge in [-0.15, -0.1) is 11.3 Å². The van der Waals surface area contributed by atoms with E-state index in [9.17, 15) is 0 Å². The molecule has 1 aromatic carbocycles. The molecule has 0 aliphatic carbocycles. The molecule has 76 valence electrons. The van der Waals surface area contributed by atoms with E-state index in [1.165, 1.54) is 10.3 Å². The maximum atomic E-state index is 8.97. The molecule has 0 unspecified atom stereocenters. The molecule has 0 atom stereocenters. The van der Waals surface area contributed by atoms with Gasteiger partial charge in [0.15, 0.2) is 0 Å². The van der Waals surface area contributed by atoms with E-state index >= 15 is 0 Å². The Morgan fingerprint density at radius 2 is 2.00 bits per heavy atom. The van der Waals surface area contributed by atoms with Crippen molar-refractivity contribution in [2.45, 2.75) is 26.2 Å². The lowest BCUT2D eigenvalue weighted by atomic mass is 9.86. The summed E-state index contributed by atoms with van der Waals surface area (Å²) < 4.78 is 1.19. The van der Waals surface area contributed by atoms with E-state index < -0.39 is 0 Å². The first-order chi connectivity index (χ1) is 7.02. The van der Waals surface area contributed by atoms with E-state index in [1.807, 2.05) is 5.38 Å². The Hall–Kier alpha value is -1.33. The van der Waals surface area contributed by atoms with Gasteiger partial charge in [-0.3, -0.25) is 0 Å². The second-order valence-electron chi connectivity index (χ2n) is 4.72. The highest BCUT2D eigenvalue weighted by Gasteiger charge is 2.15. The molecule has 2 aromatic rings. The molecule has 1 aromatic heterocycles. The Morgan fingerprint density at radius 3 is 2.60 bits per heavy atom. The first-order valence-electron chi connectivity index (χ1n) is 4.94. The summed E-state index contributed by atoms with van der Waals surface area (Å²) in [6.07, 6.45) is 0. The number of fused-ring (bicyclic) bond motifs is 1. The highest BCUT2D eigenvalue weighted by Crippen LogP contribution is 2.30. The van der Waals surface area contributed by atoms with Gasteiger partial charge in [0.2, 0.25) is 0 Å². The number of hydrogen-bond donors (Lipinski definition) is 0. The lowest BCUT2D eigenvalue weighted by molar-refractivity contribution is 0.591. The Labute approximate surface area is 94.0 Å². The summed E-state index contributed by atoms with van der Waals surface area (Å²) in [6.45, 7) is 6.56. The van der Waals surface area contributed by atoms with Crippen LogP contribution in [0.1, 0.15) is 31.9 Å². The molecule has 1 heterocycles. The maximum absolute atomic E-state index is 8.97. The molecule has 0 aliphatic heterocycles. The largest absolute Gasteiger partial charge is 0.192 e. The molecule has 0 bridgehead atoms. The molecule has 0 radical (unpaired) electrons. The van der Waals surface area contributed by atoms with Crippen LogP contribution in [0.2, 0.25) is 0 Å². The Kier molecular flexibility index (Phi) is 2.28. The van der Waals surface area contributed by atoms with Crippen molar-refractivity contribution in [3.05, 3.63) is 34.7 Å². The third-order valence-corrected chi connectivity index (χ3v) is 3.52. The fourth-order valence-corrected chi connectivity index (χ4v) is 2.45. The summed E-state index contributed by atoms with van der Waals surface area (Å²) >= 11 is 1.64. The predicted molar refractivity (Wildman–Crippen MR) is 65.2 cm³/mol. The van der Waals surface area contributed by atoms with Crippen LogP contribution in [-0.4, -0.2) is 0 Å². The van der Waals surface area contributed by atoms with Crippen LogP contribution < -0.4 is 0 Å². The highest BCUT2D eigenvalue weighted by atomic mass is 32.1. The van der Waals surface area contributed by atoms with Crippen molar-refractivity contribution in [2.24, 2.45) is 0 Å². The maximum Gasteiger partial charge on any atom is 0.101 e. The fourth-order valence-electron chi connectivity index (χ4n) is 1.58. The van der Waals surface area contributed by atoms with Crippen molar-refractivity contribution in [1.82, 2.24) is 0 Å². The summed E-state index contributed by atoms with van der Waals surface area (Å²) in [5.41, 5.74) is 2.22. The molecule has 0 fully saturated rings. The Bertz CT molecular complexity index is 538. The van der Waals surface area contributed by atoms with Gasteiger partial charge in [0.1, 0.15) is 6.07 Å². The monoisotopic (exact) mass is 215 g/mol. The van der Waals surface area contributed by atoms with E-state index in [0.29, 0.717) is 0 Å². The average molecular weight is 215 g/mol. The van der Waals surface area contributed by atoms with Crippen molar-refractivity contribution >= 4 is 21.4 Å². The van der Waals surface area contributed by atoms with Crippen LogP contribution in [0.3, 0.4) is 0 Å². The van der Waals surface area contributed by atoms with Crippen molar-refractivity contribution in [2.75, 3.05) is 0 Å². The molecule has 0 amide bonds. The van der Waals surface area contributed by atoms with E-state index in [1.54, 1.807) is 11.3 Å². The van der Waals surface area contributed by atoms with Crippen LogP contribution in [-0.2, 0) is 5.41 Å². The van der Waals surface area contributed by atoms with Crippen molar-refractivity contribution in [1.29, 1.82) is 5.26 Å². The van der Waals surface area contributed by atoms with Crippen molar-refractivity contribution in [3.8, 4) is 6.07 Å².